The molecule has 2 fully saturated rings. The Morgan fingerprint density at radius 2 is 2.00 bits per heavy atom. The van der Waals surface area contributed by atoms with Gasteiger partial charge in [0.2, 0.25) is 5.91 Å². The summed E-state index contributed by atoms with van der Waals surface area (Å²) in [5.74, 6) is 1.10. The van der Waals surface area contributed by atoms with Gasteiger partial charge in [0.25, 0.3) is 0 Å². The monoisotopic (exact) mass is 313 g/mol. The highest BCUT2D eigenvalue weighted by molar-refractivity contribution is 7.13. The number of hydrogen-bond acceptors (Lipinski definition) is 4. The van der Waals surface area contributed by atoms with E-state index in [1.807, 2.05) is 29.6 Å². The Bertz CT molecular complexity index is 666. The van der Waals surface area contributed by atoms with E-state index in [0.29, 0.717) is 11.8 Å². The third-order valence-corrected chi connectivity index (χ3v) is 5.94. The summed E-state index contributed by atoms with van der Waals surface area (Å²) in [7, 11) is 0. The number of benzene rings is 1. The number of aromatic nitrogens is 1. The van der Waals surface area contributed by atoms with Crippen molar-refractivity contribution in [3.63, 3.8) is 0 Å². The number of hydrogen-bond donors (Lipinski definition) is 2. The van der Waals surface area contributed by atoms with Crippen LogP contribution in [0.25, 0.3) is 10.6 Å². The first-order valence-electron chi connectivity index (χ1n) is 7.79. The van der Waals surface area contributed by atoms with Gasteiger partial charge in [0.1, 0.15) is 5.01 Å². The quantitative estimate of drug-likeness (QED) is 0.915. The molecule has 1 amide bonds. The van der Waals surface area contributed by atoms with Gasteiger partial charge in [0, 0.05) is 28.9 Å². The molecule has 4 atom stereocenters. The van der Waals surface area contributed by atoms with Crippen molar-refractivity contribution in [2.45, 2.75) is 25.3 Å². The fraction of sp³-hybridized carbons (Fsp3) is 0.412. The van der Waals surface area contributed by atoms with Crippen molar-refractivity contribution < 1.29 is 4.79 Å². The average molecular weight is 313 g/mol. The van der Waals surface area contributed by atoms with Gasteiger partial charge in [-0.25, -0.2) is 4.98 Å². The van der Waals surface area contributed by atoms with E-state index in [2.05, 4.69) is 10.3 Å². The lowest BCUT2D eigenvalue weighted by molar-refractivity contribution is -0.121. The molecule has 2 bridgehead atoms. The van der Waals surface area contributed by atoms with Crippen LogP contribution in [-0.4, -0.2) is 16.9 Å². The fourth-order valence-corrected chi connectivity index (χ4v) is 4.66. The van der Waals surface area contributed by atoms with Crippen molar-refractivity contribution in [2.75, 3.05) is 5.32 Å². The van der Waals surface area contributed by atoms with E-state index >= 15 is 0 Å². The Hall–Kier alpha value is -1.72. The molecule has 4 nitrogen and oxygen atoms in total. The number of nitrogens with two attached hydrogens (primary N) is 1. The van der Waals surface area contributed by atoms with Gasteiger partial charge >= 0.3 is 0 Å². The minimum absolute atomic E-state index is 0.0163. The molecule has 3 N–H and O–H groups in total. The SMILES string of the molecule is NC1C2CCC(C2)C1C(=O)Nc1ccc(-c2nccs2)cc1. The van der Waals surface area contributed by atoms with E-state index in [-0.39, 0.29) is 17.9 Å². The maximum absolute atomic E-state index is 12.5. The number of thiazole rings is 1. The zero-order valence-corrected chi connectivity index (χ0v) is 13.1. The minimum atomic E-state index is -0.0163. The van der Waals surface area contributed by atoms with E-state index in [0.717, 1.165) is 29.1 Å². The summed E-state index contributed by atoms with van der Waals surface area (Å²) in [5, 5.41) is 5.99. The van der Waals surface area contributed by atoms with Crippen LogP contribution in [0.4, 0.5) is 5.69 Å². The molecule has 0 aliphatic heterocycles. The highest BCUT2D eigenvalue weighted by Gasteiger charge is 2.49. The number of carbonyl (C=O) groups is 1. The summed E-state index contributed by atoms with van der Waals surface area (Å²) in [4.78, 5) is 16.8. The number of nitrogens with zero attached hydrogens (tertiary/aromatic N) is 1. The second-order valence-corrected chi connectivity index (χ2v) is 7.23. The molecule has 114 valence electrons. The minimum Gasteiger partial charge on any atom is -0.327 e. The van der Waals surface area contributed by atoms with Gasteiger partial charge in [-0.2, -0.15) is 0 Å². The Kier molecular flexibility index (Phi) is 3.47. The van der Waals surface area contributed by atoms with Crippen LogP contribution in [0, 0.1) is 17.8 Å². The van der Waals surface area contributed by atoms with Gasteiger partial charge < -0.3 is 11.1 Å². The van der Waals surface area contributed by atoms with Crippen LogP contribution in [0.1, 0.15) is 19.3 Å². The predicted molar refractivity (Wildman–Crippen MR) is 88.5 cm³/mol. The molecule has 1 aromatic heterocycles. The smallest absolute Gasteiger partial charge is 0.229 e. The molecule has 0 spiro atoms. The summed E-state index contributed by atoms with van der Waals surface area (Å²) in [5.41, 5.74) is 8.15. The first-order chi connectivity index (χ1) is 10.7. The number of rotatable bonds is 3. The van der Waals surface area contributed by atoms with Gasteiger partial charge in [-0.05, 0) is 55.4 Å². The summed E-state index contributed by atoms with van der Waals surface area (Å²) < 4.78 is 0. The zero-order chi connectivity index (χ0) is 15.1. The van der Waals surface area contributed by atoms with Crippen LogP contribution >= 0.6 is 11.3 Å². The molecule has 1 aromatic carbocycles. The number of fused-ring (bicyclic) bond motifs is 2. The number of carbonyl (C=O) groups excluding carboxylic acids is 1. The van der Waals surface area contributed by atoms with E-state index in [4.69, 9.17) is 5.73 Å². The van der Waals surface area contributed by atoms with Crippen molar-refractivity contribution >= 4 is 22.9 Å². The molecular weight excluding hydrogens is 294 g/mol. The van der Waals surface area contributed by atoms with Crippen molar-refractivity contribution in [2.24, 2.45) is 23.5 Å². The summed E-state index contributed by atoms with van der Waals surface area (Å²) in [6, 6.07) is 7.90. The Morgan fingerprint density at radius 3 is 2.64 bits per heavy atom. The normalized spacial score (nSPS) is 29.7. The van der Waals surface area contributed by atoms with E-state index in [9.17, 15) is 4.79 Å². The number of amides is 1. The van der Waals surface area contributed by atoms with E-state index in [1.165, 1.54) is 6.42 Å². The third kappa shape index (κ3) is 2.34. The average Bonchev–Trinajstić information content (AvgIpc) is 3.25. The lowest BCUT2D eigenvalue weighted by Gasteiger charge is -2.27. The number of anilines is 1. The lowest BCUT2D eigenvalue weighted by Crippen LogP contribution is -2.42. The standard InChI is InChI=1S/C17H19N3OS/c18-15-12-2-1-11(9-12)14(15)16(21)20-13-5-3-10(4-6-13)17-19-7-8-22-17/h3-8,11-12,14-15H,1-2,9,18H2,(H,20,21). The molecule has 2 saturated carbocycles. The molecule has 1 heterocycles. The Labute approximate surface area is 133 Å². The van der Waals surface area contributed by atoms with E-state index < -0.39 is 0 Å². The van der Waals surface area contributed by atoms with Crippen molar-refractivity contribution in [3.05, 3.63) is 35.8 Å². The van der Waals surface area contributed by atoms with Gasteiger partial charge in [0.15, 0.2) is 0 Å². The highest BCUT2D eigenvalue weighted by atomic mass is 32.1. The van der Waals surface area contributed by atoms with Crippen LogP contribution < -0.4 is 11.1 Å². The third-order valence-electron chi connectivity index (χ3n) is 5.12. The molecule has 0 radical (unpaired) electrons. The highest BCUT2D eigenvalue weighted by Crippen LogP contribution is 2.47. The molecule has 2 aliphatic carbocycles. The second-order valence-electron chi connectivity index (χ2n) is 6.34. The Balaban J connectivity index is 1.46. The van der Waals surface area contributed by atoms with Gasteiger partial charge in [-0.15, -0.1) is 11.3 Å². The molecule has 2 aliphatic rings. The lowest BCUT2D eigenvalue weighted by atomic mass is 9.84. The van der Waals surface area contributed by atoms with Gasteiger partial charge in [-0.1, -0.05) is 0 Å². The van der Waals surface area contributed by atoms with Crippen LogP contribution in [-0.2, 0) is 4.79 Å². The molecule has 4 unspecified atom stereocenters. The molecular formula is C17H19N3OS. The van der Waals surface area contributed by atoms with Crippen molar-refractivity contribution in [3.8, 4) is 10.6 Å². The van der Waals surface area contributed by atoms with Crippen molar-refractivity contribution in [1.29, 1.82) is 0 Å². The molecule has 4 rings (SSSR count). The molecule has 2 aromatic rings. The molecule has 5 heteroatoms. The van der Waals surface area contributed by atoms with Gasteiger partial charge in [0.05, 0.1) is 5.92 Å². The summed E-state index contributed by atoms with van der Waals surface area (Å²) in [6.45, 7) is 0. The number of nitrogens with one attached hydrogen (secondary N) is 1. The summed E-state index contributed by atoms with van der Waals surface area (Å²) >= 11 is 1.61. The maximum atomic E-state index is 12.5. The van der Waals surface area contributed by atoms with Crippen LogP contribution in [0.15, 0.2) is 35.8 Å². The van der Waals surface area contributed by atoms with Crippen LogP contribution in [0.3, 0.4) is 0 Å². The molecule has 22 heavy (non-hydrogen) atoms. The van der Waals surface area contributed by atoms with Gasteiger partial charge in [-0.3, -0.25) is 4.79 Å². The van der Waals surface area contributed by atoms with E-state index in [1.54, 1.807) is 17.5 Å². The largest absolute Gasteiger partial charge is 0.327 e. The first-order valence-corrected chi connectivity index (χ1v) is 8.67. The van der Waals surface area contributed by atoms with Crippen LogP contribution in [0.2, 0.25) is 0 Å². The fourth-order valence-electron chi connectivity index (χ4n) is 4.01. The zero-order valence-electron chi connectivity index (χ0n) is 12.2. The maximum Gasteiger partial charge on any atom is 0.229 e. The first kappa shape index (κ1) is 13.9. The summed E-state index contributed by atoms with van der Waals surface area (Å²) in [6.07, 6.45) is 5.27. The topological polar surface area (TPSA) is 68.0 Å². The predicted octanol–water partition coefficient (Wildman–Crippen LogP) is 3.12. The van der Waals surface area contributed by atoms with Crippen LogP contribution in [0.5, 0.6) is 0 Å². The van der Waals surface area contributed by atoms with Crippen molar-refractivity contribution in [1.82, 2.24) is 4.98 Å². The Morgan fingerprint density at radius 1 is 1.23 bits per heavy atom. The second kappa shape index (κ2) is 5.48. The molecule has 0 saturated heterocycles.